The molecule has 4 heterocycles. The van der Waals surface area contributed by atoms with Crippen molar-refractivity contribution in [1.82, 2.24) is 10.1 Å². The minimum atomic E-state index is 0.371. The van der Waals surface area contributed by atoms with Gasteiger partial charge in [0.1, 0.15) is 0 Å². The van der Waals surface area contributed by atoms with Crippen molar-refractivity contribution in [1.29, 1.82) is 0 Å². The Labute approximate surface area is 122 Å². The molecule has 0 radical (unpaired) electrons. The number of hydrogen-bond donors (Lipinski definition) is 1. The molecule has 0 saturated heterocycles. The van der Waals surface area contributed by atoms with E-state index < -0.39 is 0 Å². The summed E-state index contributed by atoms with van der Waals surface area (Å²) in [7, 11) is 0. The lowest BCUT2D eigenvalue weighted by Crippen LogP contribution is -1.90. The molecule has 0 aliphatic rings. The number of aromatic nitrogens is 2. The molecule has 0 atom stereocenters. The lowest BCUT2D eigenvalue weighted by Gasteiger charge is -1.99. The van der Waals surface area contributed by atoms with Gasteiger partial charge >= 0.3 is 0 Å². The number of pyridine rings is 1. The van der Waals surface area contributed by atoms with E-state index in [1.807, 2.05) is 18.2 Å². The minimum Gasteiger partial charge on any atom is -0.380 e. The van der Waals surface area contributed by atoms with E-state index in [0.29, 0.717) is 11.6 Å². The third kappa shape index (κ3) is 1.73. The van der Waals surface area contributed by atoms with Gasteiger partial charge < -0.3 is 10.3 Å². The molecule has 0 amide bonds. The van der Waals surface area contributed by atoms with Crippen LogP contribution in [0.3, 0.4) is 0 Å². The minimum absolute atomic E-state index is 0.371. The van der Waals surface area contributed by atoms with Crippen molar-refractivity contribution in [3.63, 3.8) is 0 Å². The monoisotopic (exact) mass is 299 g/mol. The molecule has 0 aliphatic carbocycles. The lowest BCUT2D eigenvalue weighted by atomic mass is 10.1. The lowest BCUT2D eigenvalue weighted by molar-refractivity contribution is 0.437. The molecule has 4 rings (SSSR count). The van der Waals surface area contributed by atoms with Crippen LogP contribution in [0.5, 0.6) is 0 Å². The number of hydrogen-bond acceptors (Lipinski definition) is 6. The average molecular weight is 299 g/mol. The highest BCUT2D eigenvalue weighted by molar-refractivity contribution is 7.28. The van der Waals surface area contributed by atoms with E-state index in [9.17, 15) is 0 Å². The van der Waals surface area contributed by atoms with Gasteiger partial charge in [0.2, 0.25) is 0 Å². The molecule has 98 valence electrons. The molecule has 4 nitrogen and oxygen atoms in total. The Balaban J connectivity index is 1.93. The van der Waals surface area contributed by atoms with Gasteiger partial charge in [-0.1, -0.05) is 11.2 Å². The van der Waals surface area contributed by atoms with E-state index in [1.165, 1.54) is 9.40 Å². The van der Waals surface area contributed by atoms with E-state index in [4.69, 9.17) is 10.3 Å². The Bertz CT molecular complexity index is 848. The zero-order valence-corrected chi connectivity index (χ0v) is 11.9. The van der Waals surface area contributed by atoms with Gasteiger partial charge in [-0.25, -0.2) is 0 Å². The largest absolute Gasteiger partial charge is 0.380 e. The standard InChI is InChI=1S/C14H9N3OS2/c15-14-12(8-3-1-2-5-16-8)13(18-17-14)11-7-10-9(20-11)4-6-19-10/h1-7H,(H2,15,17). The maximum atomic E-state index is 5.94. The zero-order chi connectivity index (χ0) is 13.5. The van der Waals surface area contributed by atoms with Gasteiger partial charge in [0.15, 0.2) is 11.6 Å². The topological polar surface area (TPSA) is 64.9 Å². The van der Waals surface area contributed by atoms with Crippen LogP contribution in [-0.2, 0) is 0 Å². The molecule has 20 heavy (non-hydrogen) atoms. The van der Waals surface area contributed by atoms with Crippen LogP contribution < -0.4 is 5.73 Å². The van der Waals surface area contributed by atoms with E-state index >= 15 is 0 Å². The molecule has 6 heteroatoms. The Morgan fingerprint density at radius 1 is 1.15 bits per heavy atom. The fraction of sp³-hybridized carbons (Fsp3) is 0. The first-order chi connectivity index (χ1) is 9.83. The summed E-state index contributed by atoms with van der Waals surface area (Å²) >= 11 is 3.39. The summed E-state index contributed by atoms with van der Waals surface area (Å²) in [6.45, 7) is 0. The predicted molar refractivity (Wildman–Crippen MR) is 82.8 cm³/mol. The maximum Gasteiger partial charge on any atom is 0.188 e. The van der Waals surface area contributed by atoms with Gasteiger partial charge in [0.05, 0.1) is 16.1 Å². The number of rotatable bonds is 2. The second-order valence-electron chi connectivity index (χ2n) is 4.25. The number of nitrogens with two attached hydrogens (primary N) is 1. The molecule has 0 saturated carbocycles. The summed E-state index contributed by atoms with van der Waals surface area (Å²) in [4.78, 5) is 5.36. The average Bonchev–Trinajstić information content (AvgIpc) is 3.12. The van der Waals surface area contributed by atoms with Crippen molar-refractivity contribution in [3.05, 3.63) is 41.9 Å². The highest BCUT2D eigenvalue weighted by atomic mass is 32.1. The van der Waals surface area contributed by atoms with E-state index in [-0.39, 0.29) is 0 Å². The fourth-order valence-corrected chi connectivity index (χ4v) is 4.20. The molecular formula is C14H9N3OS2. The third-order valence-electron chi connectivity index (χ3n) is 3.00. The summed E-state index contributed by atoms with van der Waals surface area (Å²) in [5.41, 5.74) is 7.48. The van der Waals surface area contributed by atoms with Gasteiger partial charge in [-0.3, -0.25) is 4.98 Å². The van der Waals surface area contributed by atoms with Crippen molar-refractivity contribution in [2.24, 2.45) is 0 Å². The van der Waals surface area contributed by atoms with Crippen molar-refractivity contribution in [2.75, 3.05) is 5.73 Å². The normalized spacial score (nSPS) is 11.2. The number of anilines is 1. The van der Waals surface area contributed by atoms with Gasteiger partial charge in [0, 0.05) is 15.6 Å². The van der Waals surface area contributed by atoms with E-state index in [0.717, 1.165) is 16.1 Å². The summed E-state index contributed by atoms with van der Waals surface area (Å²) < 4.78 is 7.92. The van der Waals surface area contributed by atoms with E-state index in [1.54, 1.807) is 28.9 Å². The van der Waals surface area contributed by atoms with Crippen molar-refractivity contribution >= 4 is 37.9 Å². The summed E-state index contributed by atoms with van der Waals surface area (Å²) in [5, 5.41) is 5.98. The van der Waals surface area contributed by atoms with Gasteiger partial charge in [-0.15, -0.1) is 22.7 Å². The van der Waals surface area contributed by atoms with Gasteiger partial charge in [-0.2, -0.15) is 0 Å². The van der Waals surface area contributed by atoms with Crippen molar-refractivity contribution in [2.45, 2.75) is 0 Å². The highest BCUT2D eigenvalue weighted by Crippen LogP contribution is 2.42. The Morgan fingerprint density at radius 3 is 2.90 bits per heavy atom. The first-order valence-corrected chi connectivity index (χ1v) is 7.66. The number of nitrogen functional groups attached to an aromatic ring is 1. The zero-order valence-electron chi connectivity index (χ0n) is 10.2. The quantitative estimate of drug-likeness (QED) is 0.600. The Morgan fingerprint density at radius 2 is 2.10 bits per heavy atom. The van der Waals surface area contributed by atoms with Gasteiger partial charge in [-0.05, 0) is 29.6 Å². The third-order valence-corrected chi connectivity index (χ3v) is 5.09. The number of fused-ring (bicyclic) bond motifs is 1. The van der Waals surface area contributed by atoms with Crippen LogP contribution >= 0.6 is 22.7 Å². The first-order valence-electron chi connectivity index (χ1n) is 5.97. The SMILES string of the molecule is Nc1noc(-c2cc3sccc3s2)c1-c1ccccn1. The molecule has 0 aromatic carbocycles. The molecular weight excluding hydrogens is 290 g/mol. The van der Waals surface area contributed by atoms with Crippen molar-refractivity contribution in [3.8, 4) is 21.9 Å². The van der Waals surface area contributed by atoms with Crippen LogP contribution in [0.1, 0.15) is 0 Å². The Kier molecular flexibility index (Phi) is 2.58. The highest BCUT2D eigenvalue weighted by Gasteiger charge is 2.20. The molecule has 0 aliphatic heterocycles. The number of thiophene rings is 2. The molecule has 4 aromatic heterocycles. The van der Waals surface area contributed by atoms with Gasteiger partial charge in [0.25, 0.3) is 0 Å². The van der Waals surface area contributed by atoms with Crippen LogP contribution in [0.25, 0.3) is 31.3 Å². The molecule has 0 bridgehead atoms. The Hall–Kier alpha value is -2.18. The fourth-order valence-electron chi connectivity index (χ4n) is 2.11. The van der Waals surface area contributed by atoms with Crippen molar-refractivity contribution < 1.29 is 4.52 Å². The van der Waals surface area contributed by atoms with Crippen LogP contribution in [0.15, 0.2) is 46.4 Å². The van der Waals surface area contributed by atoms with E-state index in [2.05, 4.69) is 27.7 Å². The summed E-state index contributed by atoms with van der Waals surface area (Å²) in [6.07, 6.45) is 1.73. The molecule has 4 aromatic rings. The number of nitrogens with zero attached hydrogens (tertiary/aromatic N) is 2. The molecule has 2 N–H and O–H groups in total. The van der Waals surface area contributed by atoms with Crippen LogP contribution in [0.2, 0.25) is 0 Å². The second-order valence-corrected chi connectivity index (χ2v) is 6.28. The smallest absolute Gasteiger partial charge is 0.188 e. The van der Waals surface area contributed by atoms with Crippen LogP contribution in [-0.4, -0.2) is 10.1 Å². The second kappa shape index (κ2) is 4.43. The molecule has 0 spiro atoms. The molecule has 0 unspecified atom stereocenters. The first kappa shape index (κ1) is 11.6. The van der Waals surface area contributed by atoms with Crippen LogP contribution in [0, 0.1) is 0 Å². The predicted octanol–water partition coefficient (Wildman–Crippen LogP) is 4.26. The maximum absolute atomic E-state index is 5.94. The van der Waals surface area contributed by atoms with Crippen LogP contribution in [0.4, 0.5) is 5.82 Å². The summed E-state index contributed by atoms with van der Waals surface area (Å²) in [6, 6.07) is 9.91. The summed E-state index contributed by atoms with van der Waals surface area (Å²) in [5.74, 6) is 1.06. The molecule has 0 fully saturated rings.